The smallest absolute Gasteiger partial charge is 0.372 e. The van der Waals surface area contributed by atoms with Crippen LogP contribution in [0.1, 0.15) is 40.4 Å². The number of fused-ring (bicyclic) bond motifs is 1. The van der Waals surface area contributed by atoms with Crippen LogP contribution in [0, 0.1) is 0 Å². The number of rotatable bonds is 5. The Bertz CT molecular complexity index is 800. The molecule has 0 saturated heterocycles. The van der Waals surface area contributed by atoms with Gasteiger partial charge in [0.15, 0.2) is 0 Å². The van der Waals surface area contributed by atoms with Crippen LogP contribution in [-0.4, -0.2) is 25.5 Å². The van der Waals surface area contributed by atoms with Gasteiger partial charge in [0, 0.05) is 30.9 Å². The molecule has 0 spiro atoms. The number of nitrogens with zero attached hydrogens (tertiary/aromatic N) is 1. The van der Waals surface area contributed by atoms with E-state index in [0.717, 1.165) is 43.6 Å². The van der Waals surface area contributed by atoms with Gasteiger partial charge in [-0.1, -0.05) is 12.1 Å². The Hall–Kier alpha value is -2.50. The van der Waals surface area contributed by atoms with Crippen molar-refractivity contribution in [3.63, 3.8) is 0 Å². The number of carbonyl (C=O) groups excluding carboxylic acids is 1. The lowest BCUT2D eigenvalue weighted by molar-refractivity contribution is -0.137. The lowest BCUT2D eigenvalue weighted by atomic mass is 9.98. The van der Waals surface area contributed by atoms with Crippen molar-refractivity contribution in [2.45, 2.75) is 32.4 Å². The summed E-state index contributed by atoms with van der Waals surface area (Å²) in [6.07, 6.45) is -1.49. The number of amides is 1. The summed E-state index contributed by atoms with van der Waals surface area (Å²) in [6, 6.07) is 10.7. The zero-order valence-corrected chi connectivity index (χ0v) is 15.3. The van der Waals surface area contributed by atoms with E-state index in [1.807, 2.05) is 0 Å². The minimum atomic E-state index is -4.39. The van der Waals surface area contributed by atoms with E-state index < -0.39 is 11.7 Å². The van der Waals surface area contributed by atoms with E-state index in [1.165, 1.54) is 23.4 Å². The summed E-state index contributed by atoms with van der Waals surface area (Å²) in [5.74, 6) is -0.362. The topological polar surface area (TPSA) is 32.3 Å². The maximum Gasteiger partial charge on any atom is 0.416 e. The van der Waals surface area contributed by atoms with E-state index in [0.29, 0.717) is 13.0 Å². The molecule has 2 aromatic carbocycles. The molecule has 144 valence electrons. The van der Waals surface area contributed by atoms with Crippen LogP contribution in [-0.2, 0) is 19.0 Å². The first-order chi connectivity index (χ1) is 12.9. The molecular weight excluding hydrogens is 353 g/mol. The minimum Gasteiger partial charge on any atom is -0.372 e. The molecule has 1 amide bonds. The Morgan fingerprint density at radius 1 is 1.15 bits per heavy atom. The lowest BCUT2D eigenvalue weighted by Gasteiger charge is -2.30. The molecule has 1 N–H and O–H groups in total. The number of hydrogen-bond donors (Lipinski definition) is 1. The molecule has 0 saturated carbocycles. The van der Waals surface area contributed by atoms with Crippen molar-refractivity contribution in [1.82, 2.24) is 5.32 Å². The van der Waals surface area contributed by atoms with E-state index in [2.05, 4.69) is 35.3 Å². The van der Waals surface area contributed by atoms with E-state index in [-0.39, 0.29) is 11.5 Å². The summed E-state index contributed by atoms with van der Waals surface area (Å²) in [5.41, 5.74) is 3.26. The minimum absolute atomic E-state index is 0.229. The van der Waals surface area contributed by atoms with Crippen molar-refractivity contribution in [1.29, 1.82) is 0 Å². The maximum absolute atomic E-state index is 12.6. The quantitative estimate of drug-likeness (QED) is 0.836. The van der Waals surface area contributed by atoms with Crippen molar-refractivity contribution in [2.24, 2.45) is 0 Å². The molecular formula is C21H23F3N2O. The molecule has 6 heteroatoms. The number of benzene rings is 2. The highest BCUT2D eigenvalue weighted by molar-refractivity contribution is 5.94. The predicted octanol–water partition coefficient (Wildman–Crippen LogP) is 4.45. The molecule has 0 bridgehead atoms. The van der Waals surface area contributed by atoms with E-state index in [9.17, 15) is 18.0 Å². The third-order valence-electron chi connectivity index (χ3n) is 4.91. The number of aryl methyl sites for hydroxylation is 1. The average Bonchev–Trinajstić information content (AvgIpc) is 2.66. The Labute approximate surface area is 157 Å². The van der Waals surface area contributed by atoms with Gasteiger partial charge >= 0.3 is 6.18 Å². The van der Waals surface area contributed by atoms with Crippen LogP contribution in [0.4, 0.5) is 18.9 Å². The summed E-state index contributed by atoms with van der Waals surface area (Å²) >= 11 is 0. The number of halogens is 3. The first-order valence-electron chi connectivity index (χ1n) is 9.20. The van der Waals surface area contributed by atoms with Crippen molar-refractivity contribution in [2.75, 3.05) is 24.5 Å². The van der Waals surface area contributed by atoms with Gasteiger partial charge < -0.3 is 10.2 Å². The number of anilines is 1. The maximum atomic E-state index is 12.6. The van der Waals surface area contributed by atoms with Crippen molar-refractivity contribution in [3.05, 3.63) is 64.7 Å². The second kappa shape index (κ2) is 8.03. The SMILES string of the molecule is CCN1CCCc2cc(CCNC(=O)c3ccc(C(F)(F)F)cc3)ccc21. The van der Waals surface area contributed by atoms with Crippen LogP contribution in [0.3, 0.4) is 0 Å². The zero-order valence-electron chi connectivity index (χ0n) is 15.3. The van der Waals surface area contributed by atoms with Crippen LogP contribution < -0.4 is 10.2 Å². The Morgan fingerprint density at radius 3 is 2.56 bits per heavy atom. The number of nitrogens with one attached hydrogen (secondary N) is 1. The number of alkyl halides is 3. The fourth-order valence-electron chi connectivity index (χ4n) is 3.45. The molecule has 3 nitrogen and oxygen atoms in total. The molecule has 1 heterocycles. The molecule has 0 fully saturated rings. The molecule has 2 aromatic rings. The predicted molar refractivity (Wildman–Crippen MR) is 100 cm³/mol. The van der Waals surface area contributed by atoms with Gasteiger partial charge in [-0.05, 0) is 67.6 Å². The highest BCUT2D eigenvalue weighted by atomic mass is 19.4. The zero-order chi connectivity index (χ0) is 19.4. The van der Waals surface area contributed by atoms with Crippen molar-refractivity contribution in [3.8, 4) is 0 Å². The van der Waals surface area contributed by atoms with Crippen LogP contribution in [0.15, 0.2) is 42.5 Å². The van der Waals surface area contributed by atoms with Gasteiger partial charge in [0.05, 0.1) is 5.56 Å². The summed E-state index contributed by atoms with van der Waals surface area (Å²) < 4.78 is 37.7. The molecule has 0 aromatic heterocycles. The second-order valence-corrected chi connectivity index (χ2v) is 6.73. The summed E-state index contributed by atoms with van der Waals surface area (Å²) in [6.45, 7) is 4.68. The molecule has 1 aliphatic rings. The average molecular weight is 376 g/mol. The molecule has 0 unspecified atom stereocenters. The Kier molecular flexibility index (Phi) is 5.73. The van der Waals surface area contributed by atoms with Crippen LogP contribution in [0.5, 0.6) is 0 Å². The standard InChI is InChI=1S/C21H23F3N2O/c1-2-26-13-3-4-17-14-15(5-10-19(17)26)11-12-25-20(27)16-6-8-18(9-7-16)21(22,23)24/h5-10,14H,2-4,11-13H2,1H3,(H,25,27). The van der Waals surface area contributed by atoms with Gasteiger partial charge in [0.2, 0.25) is 0 Å². The largest absolute Gasteiger partial charge is 0.416 e. The normalized spacial score (nSPS) is 14.0. The highest BCUT2D eigenvalue weighted by Gasteiger charge is 2.30. The molecule has 0 radical (unpaired) electrons. The van der Waals surface area contributed by atoms with Crippen molar-refractivity contribution >= 4 is 11.6 Å². The third kappa shape index (κ3) is 4.62. The van der Waals surface area contributed by atoms with Crippen LogP contribution in [0.2, 0.25) is 0 Å². The lowest BCUT2D eigenvalue weighted by Crippen LogP contribution is -2.29. The molecule has 27 heavy (non-hydrogen) atoms. The van der Waals surface area contributed by atoms with Crippen molar-refractivity contribution < 1.29 is 18.0 Å². The summed E-state index contributed by atoms with van der Waals surface area (Å²) in [5, 5.41) is 2.78. The number of carbonyl (C=O) groups is 1. The first kappa shape index (κ1) is 19.3. The van der Waals surface area contributed by atoms with Crippen LogP contribution in [0.25, 0.3) is 0 Å². The van der Waals surface area contributed by atoms with Gasteiger partial charge in [-0.3, -0.25) is 4.79 Å². The molecule has 0 aliphatic carbocycles. The molecule has 3 rings (SSSR count). The van der Waals surface area contributed by atoms with Crippen LogP contribution >= 0.6 is 0 Å². The van der Waals surface area contributed by atoms with E-state index in [1.54, 1.807) is 0 Å². The van der Waals surface area contributed by atoms with E-state index in [4.69, 9.17) is 0 Å². The van der Waals surface area contributed by atoms with Gasteiger partial charge in [0.25, 0.3) is 5.91 Å². The summed E-state index contributed by atoms with van der Waals surface area (Å²) in [7, 11) is 0. The van der Waals surface area contributed by atoms with Gasteiger partial charge in [-0.25, -0.2) is 0 Å². The number of hydrogen-bond acceptors (Lipinski definition) is 2. The summed E-state index contributed by atoms with van der Waals surface area (Å²) in [4.78, 5) is 14.5. The molecule has 0 atom stereocenters. The Morgan fingerprint density at radius 2 is 1.89 bits per heavy atom. The second-order valence-electron chi connectivity index (χ2n) is 6.73. The molecule has 1 aliphatic heterocycles. The van der Waals surface area contributed by atoms with Gasteiger partial charge in [-0.2, -0.15) is 13.2 Å². The van der Waals surface area contributed by atoms with Gasteiger partial charge in [0.1, 0.15) is 0 Å². The first-order valence-corrected chi connectivity index (χ1v) is 9.20. The van der Waals surface area contributed by atoms with Gasteiger partial charge in [-0.15, -0.1) is 0 Å². The fourth-order valence-corrected chi connectivity index (χ4v) is 3.45. The monoisotopic (exact) mass is 376 g/mol. The fraction of sp³-hybridized carbons (Fsp3) is 0.381. The third-order valence-corrected chi connectivity index (χ3v) is 4.91. The highest BCUT2D eigenvalue weighted by Crippen LogP contribution is 2.29. The van der Waals surface area contributed by atoms with E-state index >= 15 is 0 Å². The Balaban J connectivity index is 1.56.